The molecule has 156 valence electrons. The average Bonchev–Trinajstić information content (AvgIpc) is 3.03. The molecule has 0 aliphatic carbocycles. The van der Waals surface area contributed by atoms with Crippen molar-refractivity contribution in [3.05, 3.63) is 52.1 Å². The fourth-order valence-corrected chi connectivity index (χ4v) is 4.96. The molecule has 5 heteroatoms. The summed E-state index contributed by atoms with van der Waals surface area (Å²) in [6.07, 6.45) is 3.51. The summed E-state index contributed by atoms with van der Waals surface area (Å²) in [6.45, 7) is 11.2. The van der Waals surface area contributed by atoms with Crippen LogP contribution in [0.2, 0.25) is 0 Å². The minimum absolute atomic E-state index is 0.297. The van der Waals surface area contributed by atoms with Crippen LogP contribution in [0.1, 0.15) is 59.1 Å². The smallest absolute Gasteiger partial charge is 0.222 e. The molecular formula is C24H34N4O. The lowest BCUT2D eigenvalue weighted by molar-refractivity contribution is -0.132. The van der Waals surface area contributed by atoms with Crippen molar-refractivity contribution in [3.8, 4) is 0 Å². The van der Waals surface area contributed by atoms with Crippen LogP contribution in [-0.4, -0.2) is 51.9 Å². The van der Waals surface area contributed by atoms with Gasteiger partial charge < -0.3 is 9.47 Å². The summed E-state index contributed by atoms with van der Waals surface area (Å²) >= 11 is 0. The van der Waals surface area contributed by atoms with Crippen LogP contribution >= 0.6 is 0 Å². The number of likely N-dealkylation sites (tertiary alicyclic amines) is 1. The second-order valence-electron chi connectivity index (χ2n) is 8.97. The Labute approximate surface area is 174 Å². The molecule has 0 unspecified atom stereocenters. The molecule has 29 heavy (non-hydrogen) atoms. The van der Waals surface area contributed by atoms with Crippen molar-refractivity contribution in [2.24, 2.45) is 0 Å². The zero-order valence-electron chi connectivity index (χ0n) is 18.4. The first kappa shape index (κ1) is 20.1. The number of likely N-dealkylation sites (N-methyl/N-ethyl adjacent to an activating group) is 1. The van der Waals surface area contributed by atoms with E-state index >= 15 is 0 Å². The molecule has 1 aromatic carbocycles. The van der Waals surface area contributed by atoms with E-state index in [1.54, 1.807) is 0 Å². The summed E-state index contributed by atoms with van der Waals surface area (Å²) in [7, 11) is 2.19. The van der Waals surface area contributed by atoms with Crippen molar-refractivity contribution in [3.63, 3.8) is 0 Å². The summed E-state index contributed by atoms with van der Waals surface area (Å²) in [4.78, 5) is 22.2. The Morgan fingerprint density at radius 3 is 2.59 bits per heavy atom. The number of aryl methyl sites for hydroxylation is 4. The van der Waals surface area contributed by atoms with Gasteiger partial charge in [0.05, 0.1) is 11.4 Å². The summed E-state index contributed by atoms with van der Waals surface area (Å²) in [6, 6.07) is 6.52. The normalized spacial score (nSPS) is 18.1. The minimum Gasteiger partial charge on any atom is -0.343 e. The van der Waals surface area contributed by atoms with E-state index in [1.807, 2.05) is 0 Å². The number of aromatic nitrogens is 2. The molecule has 4 rings (SSSR count). The van der Waals surface area contributed by atoms with Crippen molar-refractivity contribution in [2.45, 2.75) is 65.5 Å². The molecule has 5 nitrogen and oxygen atoms in total. The number of nitrogens with zero attached hydrogens (tertiary/aromatic N) is 4. The van der Waals surface area contributed by atoms with Gasteiger partial charge in [0, 0.05) is 45.1 Å². The van der Waals surface area contributed by atoms with Gasteiger partial charge in [0.25, 0.3) is 0 Å². The molecule has 0 radical (unpaired) electrons. The third-order valence-electron chi connectivity index (χ3n) is 6.76. The zero-order valence-corrected chi connectivity index (χ0v) is 18.4. The third-order valence-corrected chi connectivity index (χ3v) is 6.76. The van der Waals surface area contributed by atoms with E-state index in [9.17, 15) is 4.79 Å². The Kier molecular flexibility index (Phi) is 5.77. The van der Waals surface area contributed by atoms with Crippen LogP contribution in [0, 0.1) is 20.8 Å². The van der Waals surface area contributed by atoms with Crippen molar-refractivity contribution >= 4 is 5.91 Å². The molecule has 1 fully saturated rings. The van der Waals surface area contributed by atoms with E-state index in [4.69, 9.17) is 4.98 Å². The first-order valence-corrected chi connectivity index (χ1v) is 11.0. The van der Waals surface area contributed by atoms with Crippen LogP contribution in [0.3, 0.4) is 0 Å². The molecule has 1 aromatic heterocycles. The van der Waals surface area contributed by atoms with Gasteiger partial charge in [-0.25, -0.2) is 4.98 Å². The van der Waals surface area contributed by atoms with Crippen LogP contribution in [0.4, 0.5) is 0 Å². The highest BCUT2D eigenvalue weighted by Gasteiger charge is 2.30. The van der Waals surface area contributed by atoms with Gasteiger partial charge in [0.1, 0.15) is 5.82 Å². The van der Waals surface area contributed by atoms with E-state index in [2.05, 4.69) is 60.4 Å². The molecule has 3 heterocycles. The number of imidazole rings is 1. The van der Waals surface area contributed by atoms with Crippen LogP contribution < -0.4 is 0 Å². The maximum atomic E-state index is 12.8. The van der Waals surface area contributed by atoms with Crippen LogP contribution in [-0.2, 0) is 24.3 Å². The topological polar surface area (TPSA) is 41.4 Å². The van der Waals surface area contributed by atoms with Gasteiger partial charge in [0.2, 0.25) is 5.91 Å². The quantitative estimate of drug-likeness (QED) is 0.796. The number of hydrogen-bond acceptors (Lipinski definition) is 3. The first-order chi connectivity index (χ1) is 13.9. The number of benzene rings is 1. The van der Waals surface area contributed by atoms with Crippen molar-refractivity contribution < 1.29 is 4.79 Å². The lowest BCUT2D eigenvalue weighted by Crippen LogP contribution is -2.38. The van der Waals surface area contributed by atoms with E-state index in [0.717, 1.165) is 57.8 Å². The van der Waals surface area contributed by atoms with Gasteiger partial charge in [0.15, 0.2) is 0 Å². The van der Waals surface area contributed by atoms with E-state index in [-0.39, 0.29) is 0 Å². The Morgan fingerprint density at radius 1 is 1.10 bits per heavy atom. The van der Waals surface area contributed by atoms with E-state index in [1.165, 1.54) is 28.1 Å². The molecule has 0 saturated carbocycles. The molecule has 0 atom stereocenters. The SMILES string of the molecule is Cc1ccc(CCC(=O)N2CCC(c3nc(C)n4c3CN(C)CC4)CC2)c(C)c1. The van der Waals surface area contributed by atoms with Crippen LogP contribution in [0.15, 0.2) is 18.2 Å². The van der Waals surface area contributed by atoms with Crippen molar-refractivity contribution in [1.29, 1.82) is 0 Å². The molecule has 2 aliphatic rings. The summed E-state index contributed by atoms with van der Waals surface area (Å²) in [5, 5.41) is 0. The fraction of sp³-hybridized carbons (Fsp3) is 0.583. The number of carbonyl (C=O) groups is 1. The predicted molar refractivity (Wildman–Crippen MR) is 116 cm³/mol. The highest BCUT2D eigenvalue weighted by Crippen LogP contribution is 2.32. The predicted octanol–water partition coefficient (Wildman–Crippen LogP) is 3.59. The monoisotopic (exact) mass is 394 g/mol. The van der Waals surface area contributed by atoms with Gasteiger partial charge >= 0.3 is 0 Å². The Balaban J connectivity index is 1.34. The Hall–Kier alpha value is -2.14. The highest BCUT2D eigenvalue weighted by molar-refractivity contribution is 5.76. The largest absolute Gasteiger partial charge is 0.343 e. The third kappa shape index (κ3) is 4.25. The Bertz CT molecular complexity index is 893. The highest BCUT2D eigenvalue weighted by atomic mass is 16.2. The summed E-state index contributed by atoms with van der Waals surface area (Å²) in [5.41, 5.74) is 6.55. The molecular weight excluding hydrogens is 360 g/mol. The number of fused-ring (bicyclic) bond motifs is 1. The standard InChI is InChI=1S/C24H34N4O/c1-17-5-6-20(18(2)15-17)7-8-23(29)27-11-9-21(10-12-27)24-22-16-26(4)13-14-28(22)19(3)25-24/h5-6,15,21H,7-14,16H2,1-4H3. The second-order valence-corrected chi connectivity index (χ2v) is 8.97. The van der Waals surface area contributed by atoms with E-state index in [0.29, 0.717) is 18.2 Å². The number of piperidine rings is 1. The molecule has 0 N–H and O–H groups in total. The van der Waals surface area contributed by atoms with Crippen molar-refractivity contribution in [1.82, 2.24) is 19.4 Å². The van der Waals surface area contributed by atoms with E-state index < -0.39 is 0 Å². The molecule has 1 saturated heterocycles. The van der Waals surface area contributed by atoms with Gasteiger partial charge in [-0.2, -0.15) is 0 Å². The summed E-state index contributed by atoms with van der Waals surface area (Å²) < 4.78 is 2.40. The molecule has 0 bridgehead atoms. The number of amides is 1. The van der Waals surface area contributed by atoms with Gasteiger partial charge in [-0.1, -0.05) is 23.8 Å². The minimum atomic E-state index is 0.297. The Morgan fingerprint density at radius 2 is 1.86 bits per heavy atom. The molecule has 2 aliphatic heterocycles. The summed E-state index contributed by atoms with van der Waals surface area (Å²) in [5.74, 6) is 1.93. The zero-order chi connectivity index (χ0) is 20.5. The van der Waals surface area contributed by atoms with Gasteiger partial charge in [-0.15, -0.1) is 0 Å². The molecule has 1 amide bonds. The lowest BCUT2D eigenvalue weighted by Gasteiger charge is -2.33. The fourth-order valence-electron chi connectivity index (χ4n) is 4.96. The number of hydrogen-bond donors (Lipinski definition) is 0. The van der Waals surface area contributed by atoms with Gasteiger partial charge in [-0.05, 0) is 58.2 Å². The van der Waals surface area contributed by atoms with Crippen molar-refractivity contribution in [2.75, 3.05) is 26.7 Å². The maximum absolute atomic E-state index is 12.8. The number of carbonyl (C=O) groups excluding carboxylic acids is 1. The van der Waals surface area contributed by atoms with Gasteiger partial charge in [-0.3, -0.25) is 9.69 Å². The first-order valence-electron chi connectivity index (χ1n) is 11.0. The average molecular weight is 395 g/mol. The molecule has 0 spiro atoms. The maximum Gasteiger partial charge on any atom is 0.222 e. The van der Waals surface area contributed by atoms with Crippen LogP contribution in [0.25, 0.3) is 0 Å². The lowest BCUT2D eigenvalue weighted by atomic mass is 9.91. The van der Waals surface area contributed by atoms with Crippen LogP contribution in [0.5, 0.6) is 0 Å². The second kappa shape index (κ2) is 8.31. The molecule has 2 aromatic rings. The number of rotatable bonds is 4.